The maximum Gasteiger partial charge on any atom is 0.159 e. The van der Waals surface area contributed by atoms with Crippen molar-refractivity contribution in [3.05, 3.63) is 35.4 Å². The maximum absolute atomic E-state index is 12.7. The highest BCUT2D eigenvalue weighted by atomic mass is 19.2. The Morgan fingerprint density at radius 1 is 1.20 bits per heavy atom. The number of ether oxygens (including phenoxy) is 1. The van der Waals surface area contributed by atoms with Gasteiger partial charge in [-0.15, -0.1) is 0 Å². The second kappa shape index (κ2) is 6.44. The molecule has 1 aromatic carbocycles. The van der Waals surface area contributed by atoms with Crippen molar-refractivity contribution in [2.24, 2.45) is 0 Å². The molecule has 0 aliphatic heterocycles. The SMILES string of the molecule is COCCONCc1ccc(F)c(F)c1. The van der Waals surface area contributed by atoms with E-state index in [9.17, 15) is 8.78 Å². The first-order valence-electron chi connectivity index (χ1n) is 4.51. The van der Waals surface area contributed by atoms with Gasteiger partial charge in [0.25, 0.3) is 0 Å². The lowest BCUT2D eigenvalue weighted by Gasteiger charge is -2.05. The molecule has 0 saturated heterocycles. The molecule has 1 aromatic rings. The number of benzene rings is 1. The monoisotopic (exact) mass is 217 g/mol. The quantitative estimate of drug-likeness (QED) is 0.580. The Morgan fingerprint density at radius 2 is 2.00 bits per heavy atom. The molecule has 0 aliphatic carbocycles. The number of methoxy groups -OCH3 is 1. The van der Waals surface area contributed by atoms with Crippen molar-refractivity contribution >= 4 is 0 Å². The first-order valence-corrected chi connectivity index (χ1v) is 4.51. The molecule has 0 fully saturated rings. The van der Waals surface area contributed by atoms with Gasteiger partial charge in [0.1, 0.15) is 0 Å². The highest BCUT2D eigenvalue weighted by Crippen LogP contribution is 2.08. The number of rotatable bonds is 6. The van der Waals surface area contributed by atoms with Crippen LogP contribution in [0.2, 0.25) is 0 Å². The number of hydrogen-bond acceptors (Lipinski definition) is 3. The highest BCUT2D eigenvalue weighted by Gasteiger charge is 2.01. The van der Waals surface area contributed by atoms with E-state index >= 15 is 0 Å². The zero-order valence-corrected chi connectivity index (χ0v) is 8.43. The molecule has 0 bridgehead atoms. The Hall–Kier alpha value is -1.04. The van der Waals surface area contributed by atoms with Gasteiger partial charge in [-0.3, -0.25) is 4.84 Å². The van der Waals surface area contributed by atoms with Crippen LogP contribution in [0, 0.1) is 11.6 Å². The van der Waals surface area contributed by atoms with E-state index in [-0.39, 0.29) is 0 Å². The van der Waals surface area contributed by atoms with E-state index in [4.69, 9.17) is 9.57 Å². The summed E-state index contributed by atoms with van der Waals surface area (Å²) in [6.45, 7) is 1.20. The number of hydrogen-bond donors (Lipinski definition) is 1. The normalized spacial score (nSPS) is 10.6. The molecule has 0 aliphatic rings. The molecule has 0 spiro atoms. The fourth-order valence-corrected chi connectivity index (χ4v) is 0.981. The van der Waals surface area contributed by atoms with Crippen molar-refractivity contribution in [1.29, 1.82) is 0 Å². The molecule has 0 heterocycles. The second-order valence-electron chi connectivity index (χ2n) is 2.91. The Balaban J connectivity index is 2.28. The van der Waals surface area contributed by atoms with Gasteiger partial charge < -0.3 is 4.74 Å². The number of hydroxylamine groups is 1. The molecule has 3 nitrogen and oxygen atoms in total. The standard InChI is InChI=1S/C10H13F2NO2/c1-14-4-5-15-13-7-8-2-3-9(11)10(12)6-8/h2-3,6,13H,4-5,7H2,1H3. The van der Waals surface area contributed by atoms with Gasteiger partial charge >= 0.3 is 0 Å². The summed E-state index contributed by atoms with van der Waals surface area (Å²) >= 11 is 0. The van der Waals surface area contributed by atoms with Crippen LogP contribution < -0.4 is 5.48 Å². The summed E-state index contributed by atoms with van der Waals surface area (Å²) in [6, 6.07) is 3.70. The average molecular weight is 217 g/mol. The Bertz CT molecular complexity index is 307. The highest BCUT2D eigenvalue weighted by molar-refractivity contribution is 5.17. The first-order chi connectivity index (χ1) is 7.24. The van der Waals surface area contributed by atoms with Crippen LogP contribution in [0.4, 0.5) is 8.78 Å². The van der Waals surface area contributed by atoms with E-state index in [1.54, 1.807) is 7.11 Å². The largest absolute Gasteiger partial charge is 0.382 e. The third kappa shape index (κ3) is 4.33. The lowest BCUT2D eigenvalue weighted by Crippen LogP contribution is -2.17. The molecule has 1 rings (SSSR count). The van der Waals surface area contributed by atoms with Gasteiger partial charge in [-0.25, -0.2) is 8.78 Å². The molecule has 0 amide bonds. The van der Waals surface area contributed by atoms with Crippen molar-refractivity contribution in [3.63, 3.8) is 0 Å². The van der Waals surface area contributed by atoms with Crippen LogP contribution in [0.15, 0.2) is 18.2 Å². The molecular formula is C10H13F2NO2. The summed E-state index contributed by atoms with van der Waals surface area (Å²) in [7, 11) is 1.57. The smallest absolute Gasteiger partial charge is 0.159 e. The summed E-state index contributed by atoms with van der Waals surface area (Å²) in [4.78, 5) is 4.96. The fourth-order valence-electron chi connectivity index (χ4n) is 0.981. The predicted molar refractivity (Wildman–Crippen MR) is 51.0 cm³/mol. The van der Waals surface area contributed by atoms with Gasteiger partial charge in [-0.1, -0.05) is 6.07 Å². The van der Waals surface area contributed by atoms with Crippen molar-refractivity contribution in [2.45, 2.75) is 6.54 Å². The van der Waals surface area contributed by atoms with Crippen molar-refractivity contribution in [2.75, 3.05) is 20.3 Å². The lowest BCUT2D eigenvalue weighted by molar-refractivity contribution is 0.00342. The van der Waals surface area contributed by atoms with Crippen LogP contribution in [0.1, 0.15) is 5.56 Å². The van der Waals surface area contributed by atoms with Crippen molar-refractivity contribution < 1.29 is 18.4 Å². The lowest BCUT2D eigenvalue weighted by atomic mass is 10.2. The maximum atomic E-state index is 12.7. The van der Waals surface area contributed by atoms with Gasteiger partial charge in [0.05, 0.1) is 13.2 Å². The van der Waals surface area contributed by atoms with Gasteiger partial charge in [-0.2, -0.15) is 5.48 Å². The molecule has 0 radical (unpaired) electrons. The predicted octanol–water partition coefficient (Wildman–Crippen LogP) is 1.63. The Morgan fingerprint density at radius 3 is 2.67 bits per heavy atom. The zero-order chi connectivity index (χ0) is 11.1. The van der Waals surface area contributed by atoms with Gasteiger partial charge in [0.15, 0.2) is 11.6 Å². The average Bonchev–Trinajstić information content (AvgIpc) is 2.23. The summed E-state index contributed by atoms with van der Waals surface area (Å²) in [5, 5.41) is 0. The Kier molecular flexibility index (Phi) is 5.17. The molecule has 15 heavy (non-hydrogen) atoms. The third-order valence-corrected chi connectivity index (χ3v) is 1.75. The topological polar surface area (TPSA) is 30.5 Å². The van der Waals surface area contributed by atoms with Gasteiger partial charge in [0.2, 0.25) is 0 Å². The van der Waals surface area contributed by atoms with Crippen molar-refractivity contribution in [1.82, 2.24) is 5.48 Å². The number of halogens is 2. The Labute approximate surface area is 87.0 Å². The van der Waals surface area contributed by atoms with E-state index in [0.717, 1.165) is 12.1 Å². The zero-order valence-electron chi connectivity index (χ0n) is 8.43. The van der Waals surface area contributed by atoms with Crippen LogP contribution in [-0.2, 0) is 16.1 Å². The van der Waals surface area contributed by atoms with Gasteiger partial charge in [0, 0.05) is 13.7 Å². The summed E-state index contributed by atoms with van der Waals surface area (Å²) in [5.74, 6) is -1.70. The molecule has 5 heteroatoms. The van der Waals surface area contributed by atoms with E-state index in [1.807, 2.05) is 0 Å². The van der Waals surface area contributed by atoms with E-state index < -0.39 is 11.6 Å². The molecule has 1 N–H and O–H groups in total. The van der Waals surface area contributed by atoms with E-state index in [0.29, 0.717) is 25.3 Å². The molecular weight excluding hydrogens is 204 g/mol. The van der Waals surface area contributed by atoms with E-state index in [1.165, 1.54) is 6.07 Å². The van der Waals surface area contributed by atoms with Crippen LogP contribution in [0.5, 0.6) is 0 Å². The minimum absolute atomic E-state index is 0.320. The minimum atomic E-state index is -0.855. The minimum Gasteiger partial charge on any atom is -0.382 e. The molecule has 0 atom stereocenters. The second-order valence-corrected chi connectivity index (χ2v) is 2.91. The summed E-state index contributed by atoms with van der Waals surface area (Å²) < 4.78 is 30.0. The van der Waals surface area contributed by atoms with Crippen LogP contribution in [0.3, 0.4) is 0 Å². The first kappa shape index (κ1) is 12.0. The third-order valence-electron chi connectivity index (χ3n) is 1.75. The van der Waals surface area contributed by atoms with Gasteiger partial charge in [-0.05, 0) is 17.7 Å². The van der Waals surface area contributed by atoms with Crippen LogP contribution >= 0.6 is 0 Å². The van der Waals surface area contributed by atoms with Crippen molar-refractivity contribution in [3.8, 4) is 0 Å². The molecule has 0 unspecified atom stereocenters. The fraction of sp³-hybridized carbons (Fsp3) is 0.400. The van der Waals surface area contributed by atoms with E-state index in [2.05, 4.69) is 5.48 Å². The molecule has 0 saturated carbocycles. The number of nitrogens with one attached hydrogen (secondary N) is 1. The summed E-state index contributed by atoms with van der Waals surface area (Å²) in [5.41, 5.74) is 3.23. The molecule has 0 aromatic heterocycles. The van der Waals surface area contributed by atoms with Crippen LogP contribution in [-0.4, -0.2) is 20.3 Å². The van der Waals surface area contributed by atoms with Crippen LogP contribution in [0.25, 0.3) is 0 Å². The summed E-state index contributed by atoms with van der Waals surface area (Å²) in [6.07, 6.45) is 0. The molecule has 84 valence electrons.